The molecule has 0 saturated carbocycles. The van der Waals surface area contributed by atoms with Crippen molar-refractivity contribution < 1.29 is 0 Å². The van der Waals surface area contributed by atoms with Gasteiger partial charge in [0.1, 0.15) is 3.70 Å². The summed E-state index contributed by atoms with van der Waals surface area (Å²) < 4.78 is 1.05. The number of hydrogen-bond acceptors (Lipinski definition) is 3. The van der Waals surface area contributed by atoms with Crippen molar-refractivity contribution in [1.29, 1.82) is 0 Å². The van der Waals surface area contributed by atoms with E-state index in [0.29, 0.717) is 0 Å². The maximum atomic E-state index is 4.31. The number of hydrogen-bond donors (Lipinski definition) is 1. The number of nitrogens with one attached hydrogen (secondary N) is 1. The summed E-state index contributed by atoms with van der Waals surface area (Å²) in [7, 11) is 0. The SMILES string of the molecule is Ic1ccc(N2CCCNCC2)cn1. The van der Waals surface area contributed by atoms with Crippen LogP contribution in [0.5, 0.6) is 0 Å². The third-order valence-corrected chi connectivity index (χ3v) is 3.06. The molecule has 1 aliphatic heterocycles. The molecule has 0 amide bonds. The second-order valence-electron chi connectivity index (χ2n) is 3.43. The van der Waals surface area contributed by atoms with E-state index in [4.69, 9.17) is 0 Å². The van der Waals surface area contributed by atoms with E-state index in [9.17, 15) is 0 Å². The van der Waals surface area contributed by atoms with E-state index >= 15 is 0 Å². The van der Waals surface area contributed by atoms with Gasteiger partial charge in [-0.25, -0.2) is 4.98 Å². The van der Waals surface area contributed by atoms with Crippen LogP contribution in [-0.4, -0.2) is 31.2 Å². The topological polar surface area (TPSA) is 28.2 Å². The quantitative estimate of drug-likeness (QED) is 0.629. The van der Waals surface area contributed by atoms with Crippen LogP contribution in [0.25, 0.3) is 0 Å². The van der Waals surface area contributed by atoms with Crippen molar-refractivity contribution in [3.63, 3.8) is 0 Å². The average Bonchev–Trinajstić information content (AvgIpc) is 2.47. The van der Waals surface area contributed by atoms with Gasteiger partial charge in [0.15, 0.2) is 0 Å². The second-order valence-corrected chi connectivity index (χ2v) is 4.53. The Morgan fingerprint density at radius 1 is 1.29 bits per heavy atom. The maximum absolute atomic E-state index is 4.31. The van der Waals surface area contributed by atoms with Gasteiger partial charge in [0.05, 0.1) is 11.9 Å². The number of aromatic nitrogens is 1. The number of nitrogens with zero attached hydrogens (tertiary/aromatic N) is 2. The minimum absolute atomic E-state index is 1.05. The zero-order valence-electron chi connectivity index (χ0n) is 8.04. The van der Waals surface area contributed by atoms with E-state index in [-0.39, 0.29) is 0 Å². The van der Waals surface area contributed by atoms with E-state index in [1.165, 1.54) is 12.1 Å². The lowest BCUT2D eigenvalue weighted by Crippen LogP contribution is -2.27. The molecule has 2 heterocycles. The molecular formula is C10H14IN3. The third-order valence-electron chi connectivity index (χ3n) is 2.42. The van der Waals surface area contributed by atoms with Crippen LogP contribution in [0.3, 0.4) is 0 Å². The number of rotatable bonds is 1. The van der Waals surface area contributed by atoms with E-state index in [1.807, 2.05) is 6.20 Å². The van der Waals surface area contributed by atoms with Gasteiger partial charge in [-0.3, -0.25) is 0 Å². The van der Waals surface area contributed by atoms with Gasteiger partial charge in [-0.2, -0.15) is 0 Å². The summed E-state index contributed by atoms with van der Waals surface area (Å²) in [5.41, 5.74) is 1.24. The Bertz CT molecular complexity index is 278. The molecule has 4 heteroatoms. The second kappa shape index (κ2) is 4.93. The summed E-state index contributed by atoms with van der Waals surface area (Å²) in [5.74, 6) is 0. The molecule has 1 fully saturated rings. The lowest BCUT2D eigenvalue weighted by molar-refractivity contribution is 0.724. The Hall–Kier alpha value is -0.360. The minimum atomic E-state index is 1.05. The highest BCUT2D eigenvalue weighted by molar-refractivity contribution is 14.1. The molecule has 14 heavy (non-hydrogen) atoms. The van der Waals surface area contributed by atoms with Crippen LogP contribution >= 0.6 is 22.6 Å². The Balaban J connectivity index is 2.08. The van der Waals surface area contributed by atoms with Crippen molar-refractivity contribution >= 4 is 28.3 Å². The number of anilines is 1. The van der Waals surface area contributed by atoms with Crippen molar-refractivity contribution in [3.8, 4) is 0 Å². The Morgan fingerprint density at radius 3 is 3.00 bits per heavy atom. The fraction of sp³-hybridized carbons (Fsp3) is 0.500. The normalized spacial score (nSPS) is 17.9. The van der Waals surface area contributed by atoms with Gasteiger partial charge < -0.3 is 10.2 Å². The minimum Gasteiger partial charge on any atom is -0.369 e. The van der Waals surface area contributed by atoms with Crippen LogP contribution in [0.15, 0.2) is 18.3 Å². The first-order chi connectivity index (χ1) is 6.86. The summed E-state index contributed by atoms with van der Waals surface area (Å²) in [5, 5.41) is 3.39. The Kier molecular flexibility index (Phi) is 3.58. The standard InChI is InChI=1S/C10H14IN3/c11-10-3-2-9(8-13-10)14-6-1-4-12-5-7-14/h2-3,8,12H,1,4-7H2. The third kappa shape index (κ3) is 2.57. The molecule has 0 spiro atoms. The van der Waals surface area contributed by atoms with E-state index in [0.717, 1.165) is 29.9 Å². The van der Waals surface area contributed by atoms with Crippen LogP contribution in [0.1, 0.15) is 6.42 Å². The zero-order valence-corrected chi connectivity index (χ0v) is 10.2. The molecule has 1 aromatic heterocycles. The summed E-state index contributed by atoms with van der Waals surface area (Å²) in [4.78, 5) is 6.70. The molecule has 1 aromatic rings. The van der Waals surface area contributed by atoms with Gasteiger partial charge in [-0.1, -0.05) is 0 Å². The number of halogens is 1. The summed E-state index contributed by atoms with van der Waals surface area (Å²) >= 11 is 2.23. The lowest BCUT2D eigenvalue weighted by atomic mass is 10.3. The molecule has 3 nitrogen and oxygen atoms in total. The van der Waals surface area contributed by atoms with Gasteiger partial charge in [0, 0.05) is 19.6 Å². The van der Waals surface area contributed by atoms with Crippen molar-refractivity contribution in [2.45, 2.75) is 6.42 Å². The largest absolute Gasteiger partial charge is 0.369 e. The van der Waals surface area contributed by atoms with Gasteiger partial charge in [0.2, 0.25) is 0 Å². The smallest absolute Gasteiger partial charge is 0.101 e. The molecule has 0 atom stereocenters. The van der Waals surface area contributed by atoms with Crippen molar-refractivity contribution in [3.05, 3.63) is 22.0 Å². The first-order valence-electron chi connectivity index (χ1n) is 4.93. The Morgan fingerprint density at radius 2 is 2.21 bits per heavy atom. The van der Waals surface area contributed by atoms with Crippen molar-refractivity contribution in [2.24, 2.45) is 0 Å². The van der Waals surface area contributed by atoms with Gasteiger partial charge in [-0.05, 0) is 47.7 Å². The van der Waals surface area contributed by atoms with E-state index < -0.39 is 0 Å². The van der Waals surface area contributed by atoms with E-state index in [1.54, 1.807) is 0 Å². The molecule has 0 aromatic carbocycles. The van der Waals surface area contributed by atoms with Crippen LogP contribution in [0, 0.1) is 3.70 Å². The van der Waals surface area contributed by atoms with Crippen LogP contribution < -0.4 is 10.2 Å². The van der Waals surface area contributed by atoms with Gasteiger partial charge in [-0.15, -0.1) is 0 Å². The van der Waals surface area contributed by atoms with Crippen molar-refractivity contribution in [1.82, 2.24) is 10.3 Å². The fourth-order valence-electron chi connectivity index (χ4n) is 1.66. The number of pyridine rings is 1. The van der Waals surface area contributed by atoms with E-state index in [2.05, 4.69) is 49.9 Å². The molecule has 1 saturated heterocycles. The summed E-state index contributed by atoms with van der Waals surface area (Å²) in [6, 6.07) is 4.22. The van der Waals surface area contributed by atoms with Gasteiger partial charge >= 0.3 is 0 Å². The molecule has 1 aliphatic rings. The lowest BCUT2D eigenvalue weighted by Gasteiger charge is -2.21. The molecule has 0 aliphatic carbocycles. The molecule has 0 unspecified atom stereocenters. The molecular weight excluding hydrogens is 289 g/mol. The molecule has 76 valence electrons. The molecule has 2 rings (SSSR count). The highest BCUT2D eigenvalue weighted by atomic mass is 127. The zero-order chi connectivity index (χ0) is 9.80. The molecule has 0 bridgehead atoms. The first kappa shape index (κ1) is 10.2. The summed E-state index contributed by atoms with van der Waals surface area (Å²) in [6.07, 6.45) is 3.18. The predicted molar refractivity (Wildman–Crippen MR) is 66.7 cm³/mol. The predicted octanol–water partition coefficient (Wildman–Crippen LogP) is 1.49. The van der Waals surface area contributed by atoms with Crippen molar-refractivity contribution in [2.75, 3.05) is 31.1 Å². The van der Waals surface area contributed by atoms with Crippen LogP contribution in [0.2, 0.25) is 0 Å². The van der Waals surface area contributed by atoms with Crippen LogP contribution in [0.4, 0.5) is 5.69 Å². The molecule has 1 N–H and O–H groups in total. The first-order valence-corrected chi connectivity index (χ1v) is 6.01. The average molecular weight is 303 g/mol. The summed E-state index contributed by atoms with van der Waals surface area (Å²) in [6.45, 7) is 4.43. The fourth-order valence-corrected chi connectivity index (χ4v) is 1.98. The monoisotopic (exact) mass is 303 g/mol. The van der Waals surface area contributed by atoms with Gasteiger partial charge in [0.25, 0.3) is 0 Å². The molecule has 0 radical (unpaired) electrons. The highest BCUT2D eigenvalue weighted by Crippen LogP contribution is 2.14. The Labute approximate surface area is 98.0 Å². The highest BCUT2D eigenvalue weighted by Gasteiger charge is 2.08. The van der Waals surface area contributed by atoms with Crippen LogP contribution in [-0.2, 0) is 0 Å². The maximum Gasteiger partial charge on any atom is 0.101 e.